The number of aryl methyl sites for hydroxylation is 1. The number of hydrogen-bond donors (Lipinski definition) is 1. The molecule has 1 aliphatic carbocycles. The Morgan fingerprint density at radius 1 is 1.13 bits per heavy atom. The summed E-state index contributed by atoms with van der Waals surface area (Å²) in [6.45, 7) is 4.11. The lowest BCUT2D eigenvalue weighted by Crippen LogP contribution is -2.41. The molecule has 118 valence electrons. The standard InChI is InChI=1S/C19H21N3O/c1-12(17-9-5-7-14-6-3-4-8-18(14)17)20-16-10-15(11-16)19-21-13(2)22-23-19/h3-9,12,15-16,20H,10-11H2,1-2H3. The van der Waals surface area contributed by atoms with E-state index in [1.165, 1.54) is 16.3 Å². The average Bonchev–Trinajstić information content (AvgIpc) is 2.95. The van der Waals surface area contributed by atoms with Crippen LogP contribution >= 0.6 is 0 Å². The van der Waals surface area contributed by atoms with Crippen LogP contribution in [0.5, 0.6) is 0 Å². The Morgan fingerprint density at radius 2 is 1.91 bits per heavy atom. The van der Waals surface area contributed by atoms with Crippen LogP contribution in [-0.2, 0) is 0 Å². The maximum absolute atomic E-state index is 5.27. The fraction of sp³-hybridized carbons (Fsp3) is 0.368. The van der Waals surface area contributed by atoms with Crippen molar-refractivity contribution in [3.63, 3.8) is 0 Å². The van der Waals surface area contributed by atoms with Crippen molar-refractivity contribution >= 4 is 10.8 Å². The molecule has 1 atom stereocenters. The van der Waals surface area contributed by atoms with Gasteiger partial charge in [-0.1, -0.05) is 47.6 Å². The Morgan fingerprint density at radius 3 is 2.70 bits per heavy atom. The summed E-state index contributed by atoms with van der Waals surface area (Å²) in [5, 5.41) is 10.3. The van der Waals surface area contributed by atoms with Gasteiger partial charge < -0.3 is 9.84 Å². The van der Waals surface area contributed by atoms with Gasteiger partial charge in [0.15, 0.2) is 5.82 Å². The quantitative estimate of drug-likeness (QED) is 0.787. The highest BCUT2D eigenvalue weighted by Crippen LogP contribution is 2.37. The van der Waals surface area contributed by atoms with Crippen LogP contribution < -0.4 is 5.32 Å². The summed E-state index contributed by atoms with van der Waals surface area (Å²) >= 11 is 0. The second-order valence-electron chi connectivity index (χ2n) is 6.50. The molecule has 0 bridgehead atoms. The molecular weight excluding hydrogens is 286 g/mol. The first-order valence-electron chi connectivity index (χ1n) is 8.24. The molecule has 4 heteroatoms. The van der Waals surface area contributed by atoms with Gasteiger partial charge in [0.25, 0.3) is 0 Å². The Hall–Kier alpha value is -2.20. The van der Waals surface area contributed by atoms with E-state index in [4.69, 9.17) is 4.52 Å². The molecule has 0 radical (unpaired) electrons. The summed E-state index contributed by atoms with van der Waals surface area (Å²) in [6, 6.07) is 15.9. The topological polar surface area (TPSA) is 51.0 Å². The van der Waals surface area contributed by atoms with Crippen LogP contribution in [0.2, 0.25) is 0 Å². The van der Waals surface area contributed by atoms with Gasteiger partial charge in [-0.25, -0.2) is 0 Å². The molecule has 0 amide bonds. The predicted molar refractivity (Wildman–Crippen MR) is 90.3 cm³/mol. The van der Waals surface area contributed by atoms with Crippen molar-refractivity contribution in [2.24, 2.45) is 0 Å². The molecule has 0 spiro atoms. The minimum atomic E-state index is 0.330. The molecule has 4 nitrogen and oxygen atoms in total. The number of rotatable bonds is 4. The normalized spacial score (nSPS) is 22.0. The lowest BCUT2D eigenvalue weighted by Gasteiger charge is -2.36. The summed E-state index contributed by atoms with van der Waals surface area (Å²) in [5.41, 5.74) is 1.36. The first kappa shape index (κ1) is 14.4. The van der Waals surface area contributed by atoms with E-state index in [1.807, 2.05) is 6.92 Å². The fourth-order valence-electron chi connectivity index (χ4n) is 3.51. The van der Waals surface area contributed by atoms with Crippen LogP contribution in [0.1, 0.15) is 49.0 Å². The van der Waals surface area contributed by atoms with Crippen molar-refractivity contribution in [3.8, 4) is 0 Å². The molecule has 23 heavy (non-hydrogen) atoms. The van der Waals surface area contributed by atoms with E-state index in [0.29, 0.717) is 18.0 Å². The maximum Gasteiger partial charge on any atom is 0.229 e. The Kier molecular flexibility index (Phi) is 3.62. The minimum absolute atomic E-state index is 0.330. The number of nitrogens with one attached hydrogen (secondary N) is 1. The highest BCUT2D eigenvalue weighted by molar-refractivity contribution is 5.86. The summed E-state index contributed by atoms with van der Waals surface area (Å²) in [7, 11) is 0. The van der Waals surface area contributed by atoms with E-state index in [-0.39, 0.29) is 0 Å². The molecule has 1 saturated carbocycles. The molecule has 1 heterocycles. The number of hydrogen-bond acceptors (Lipinski definition) is 4. The minimum Gasteiger partial charge on any atom is -0.339 e. The molecule has 4 rings (SSSR count). The molecule has 2 aromatic carbocycles. The van der Waals surface area contributed by atoms with Gasteiger partial charge in [-0.15, -0.1) is 0 Å². The van der Waals surface area contributed by atoms with Crippen molar-refractivity contribution in [2.45, 2.75) is 44.7 Å². The Labute approximate surface area is 135 Å². The lowest BCUT2D eigenvalue weighted by molar-refractivity contribution is 0.223. The summed E-state index contributed by atoms with van der Waals surface area (Å²) < 4.78 is 5.27. The van der Waals surface area contributed by atoms with E-state index in [2.05, 4.69) is 64.8 Å². The van der Waals surface area contributed by atoms with Gasteiger partial charge in [0, 0.05) is 18.0 Å². The number of aromatic nitrogens is 2. The molecule has 1 unspecified atom stereocenters. The monoisotopic (exact) mass is 307 g/mol. The Bertz CT molecular complexity index is 815. The largest absolute Gasteiger partial charge is 0.339 e. The molecule has 1 fully saturated rings. The number of benzene rings is 2. The second-order valence-corrected chi connectivity index (χ2v) is 6.50. The average molecular weight is 307 g/mol. The van der Waals surface area contributed by atoms with Crippen LogP contribution in [0.3, 0.4) is 0 Å². The van der Waals surface area contributed by atoms with Crippen LogP contribution in [-0.4, -0.2) is 16.2 Å². The molecule has 1 aromatic heterocycles. The summed E-state index contributed by atoms with van der Waals surface area (Å²) in [6.07, 6.45) is 2.13. The molecule has 0 saturated heterocycles. The second kappa shape index (κ2) is 5.78. The van der Waals surface area contributed by atoms with Gasteiger partial charge in [0.2, 0.25) is 5.89 Å². The summed E-state index contributed by atoms with van der Waals surface area (Å²) in [4.78, 5) is 4.34. The van der Waals surface area contributed by atoms with E-state index in [0.717, 1.165) is 24.6 Å². The van der Waals surface area contributed by atoms with Crippen molar-refractivity contribution in [2.75, 3.05) is 0 Å². The highest BCUT2D eigenvalue weighted by atomic mass is 16.5. The zero-order chi connectivity index (χ0) is 15.8. The zero-order valence-electron chi connectivity index (χ0n) is 13.5. The SMILES string of the molecule is Cc1noc(C2CC(NC(C)c3cccc4ccccc34)C2)n1. The number of fused-ring (bicyclic) bond motifs is 1. The third-order valence-corrected chi connectivity index (χ3v) is 4.81. The highest BCUT2D eigenvalue weighted by Gasteiger charge is 2.34. The van der Waals surface area contributed by atoms with E-state index in [1.54, 1.807) is 0 Å². The first-order valence-corrected chi connectivity index (χ1v) is 8.24. The van der Waals surface area contributed by atoms with Crippen molar-refractivity contribution in [3.05, 3.63) is 59.7 Å². The fourth-order valence-corrected chi connectivity index (χ4v) is 3.51. The van der Waals surface area contributed by atoms with Gasteiger partial charge >= 0.3 is 0 Å². The molecule has 0 aliphatic heterocycles. The molecule has 3 aromatic rings. The maximum atomic E-state index is 5.27. The predicted octanol–water partition coefficient (Wildman–Crippen LogP) is 4.13. The Balaban J connectivity index is 1.43. The summed E-state index contributed by atoms with van der Waals surface area (Å²) in [5.74, 6) is 1.92. The van der Waals surface area contributed by atoms with E-state index >= 15 is 0 Å². The van der Waals surface area contributed by atoms with Crippen molar-refractivity contribution in [1.29, 1.82) is 0 Å². The van der Waals surface area contributed by atoms with Gasteiger partial charge in [-0.3, -0.25) is 0 Å². The molecule has 1 aliphatic rings. The molecular formula is C19H21N3O. The first-order chi connectivity index (χ1) is 11.2. The van der Waals surface area contributed by atoms with Gasteiger partial charge in [0.1, 0.15) is 0 Å². The third kappa shape index (κ3) is 2.75. The van der Waals surface area contributed by atoms with Crippen molar-refractivity contribution in [1.82, 2.24) is 15.5 Å². The zero-order valence-corrected chi connectivity index (χ0v) is 13.5. The van der Waals surface area contributed by atoms with Crippen LogP contribution in [0.15, 0.2) is 47.0 Å². The van der Waals surface area contributed by atoms with Crippen LogP contribution in [0, 0.1) is 6.92 Å². The van der Waals surface area contributed by atoms with Gasteiger partial charge in [-0.05, 0) is 43.0 Å². The lowest BCUT2D eigenvalue weighted by atomic mass is 9.79. The number of nitrogens with zero attached hydrogens (tertiary/aromatic N) is 2. The van der Waals surface area contributed by atoms with Crippen LogP contribution in [0.25, 0.3) is 10.8 Å². The van der Waals surface area contributed by atoms with Gasteiger partial charge in [-0.2, -0.15) is 4.98 Å². The third-order valence-electron chi connectivity index (χ3n) is 4.81. The smallest absolute Gasteiger partial charge is 0.229 e. The van der Waals surface area contributed by atoms with Crippen molar-refractivity contribution < 1.29 is 4.52 Å². The van der Waals surface area contributed by atoms with E-state index < -0.39 is 0 Å². The van der Waals surface area contributed by atoms with Gasteiger partial charge in [0.05, 0.1) is 0 Å². The molecule has 1 N–H and O–H groups in total. The van der Waals surface area contributed by atoms with E-state index in [9.17, 15) is 0 Å². The van der Waals surface area contributed by atoms with Crippen LogP contribution in [0.4, 0.5) is 0 Å².